The second-order valence-electron chi connectivity index (χ2n) is 3.82. The summed E-state index contributed by atoms with van der Waals surface area (Å²) in [5, 5.41) is 1.00. The molecule has 2 aromatic heterocycles. The summed E-state index contributed by atoms with van der Waals surface area (Å²) in [6, 6.07) is 9.56. The van der Waals surface area contributed by atoms with Crippen molar-refractivity contribution in [3.05, 3.63) is 48.9 Å². The standard InChI is InChI=1S/C13H11N5O/c14-18-11-7-15-8-12(17-11)19-10-5-1-3-9-4-2-6-16-13(9)10/h1-8H,14H2,(H,17,18). The maximum absolute atomic E-state index is 5.70. The maximum Gasteiger partial charge on any atom is 0.239 e. The average molecular weight is 253 g/mol. The fourth-order valence-corrected chi connectivity index (χ4v) is 1.74. The summed E-state index contributed by atoms with van der Waals surface area (Å²) >= 11 is 0. The lowest BCUT2D eigenvalue weighted by atomic mass is 10.2. The van der Waals surface area contributed by atoms with E-state index in [1.807, 2.05) is 30.3 Å². The van der Waals surface area contributed by atoms with E-state index in [1.54, 1.807) is 6.20 Å². The molecule has 0 fully saturated rings. The number of pyridine rings is 1. The van der Waals surface area contributed by atoms with Crippen molar-refractivity contribution in [1.29, 1.82) is 0 Å². The van der Waals surface area contributed by atoms with Crippen LogP contribution in [0.3, 0.4) is 0 Å². The minimum atomic E-state index is 0.355. The molecule has 0 radical (unpaired) electrons. The lowest BCUT2D eigenvalue weighted by Crippen LogP contribution is -2.09. The van der Waals surface area contributed by atoms with Crippen molar-refractivity contribution in [2.75, 3.05) is 5.43 Å². The summed E-state index contributed by atoms with van der Waals surface area (Å²) in [5.74, 6) is 6.70. The van der Waals surface area contributed by atoms with Gasteiger partial charge >= 0.3 is 0 Å². The molecule has 0 atom stereocenters. The number of hydrogen-bond acceptors (Lipinski definition) is 6. The van der Waals surface area contributed by atoms with Crippen LogP contribution in [0.25, 0.3) is 10.9 Å². The number of nitrogens with zero attached hydrogens (tertiary/aromatic N) is 3. The number of ether oxygens (including phenoxy) is 1. The minimum Gasteiger partial charge on any atom is -0.435 e. The van der Waals surface area contributed by atoms with E-state index in [0.717, 1.165) is 10.9 Å². The highest BCUT2D eigenvalue weighted by Crippen LogP contribution is 2.27. The summed E-state index contributed by atoms with van der Waals surface area (Å²) in [7, 11) is 0. The Balaban J connectivity index is 2.01. The van der Waals surface area contributed by atoms with E-state index < -0.39 is 0 Å². The highest BCUT2D eigenvalue weighted by atomic mass is 16.5. The van der Waals surface area contributed by atoms with E-state index in [1.165, 1.54) is 12.4 Å². The average Bonchev–Trinajstić information content (AvgIpc) is 2.48. The number of aromatic nitrogens is 3. The van der Waals surface area contributed by atoms with Gasteiger partial charge in [-0.25, -0.2) is 5.84 Å². The van der Waals surface area contributed by atoms with Crippen molar-refractivity contribution in [3.8, 4) is 11.6 Å². The van der Waals surface area contributed by atoms with Crippen LogP contribution in [0.1, 0.15) is 0 Å². The largest absolute Gasteiger partial charge is 0.435 e. The maximum atomic E-state index is 5.70. The Morgan fingerprint density at radius 3 is 2.89 bits per heavy atom. The summed E-state index contributed by atoms with van der Waals surface area (Å²) in [6.07, 6.45) is 4.75. The number of benzene rings is 1. The molecular weight excluding hydrogens is 242 g/mol. The van der Waals surface area contributed by atoms with Crippen LogP contribution in [0, 0.1) is 0 Å². The number of nitrogen functional groups attached to an aromatic ring is 1. The van der Waals surface area contributed by atoms with Gasteiger partial charge in [0.25, 0.3) is 0 Å². The molecule has 6 heteroatoms. The monoisotopic (exact) mass is 253 g/mol. The fraction of sp³-hybridized carbons (Fsp3) is 0. The van der Waals surface area contributed by atoms with Gasteiger partial charge < -0.3 is 10.2 Å². The number of nitrogens with two attached hydrogens (primary N) is 1. The van der Waals surface area contributed by atoms with Crippen molar-refractivity contribution in [1.82, 2.24) is 15.0 Å². The molecular formula is C13H11N5O. The lowest BCUT2D eigenvalue weighted by Gasteiger charge is -2.07. The first-order valence-corrected chi connectivity index (χ1v) is 5.67. The van der Waals surface area contributed by atoms with Crippen LogP contribution in [0.15, 0.2) is 48.9 Å². The van der Waals surface area contributed by atoms with Crippen LogP contribution in [-0.2, 0) is 0 Å². The number of para-hydroxylation sites is 1. The Bertz CT molecular complexity index is 711. The van der Waals surface area contributed by atoms with Gasteiger partial charge in [-0.15, -0.1) is 0 Å². The number of fused-ring (bicyclic) bond motifs is 1. The third-order valence-corrected chi connectivity index (χ3v) is 2.57. The molecule has 19 heavy (non-hydrogen) atoms. The Hall–Kier alpha value is -2.73. The second-order valence-corrected chi connectivity index (χ2v) is 3.82. The van der Waals surface area contributed by atoms with E-state index in [-0.39, 0.29) is 0 Å². The number of hydrazine groups is 1. The molecule has 0 spiro atoms. The van der Waals surface area contributed by atoms with E-state index in [4.69, 9.17) is 10.6 Å². The Labute approximate surface area is 109 Å². The molecule has 0 amide bonds. The molecule has 0 saturated heterocycles. The smallest absolute Gasteiger partial charge is 0.239 e. The van der Waals surface area contributed by atoms with Crippen molar-refractivity contribution < 1.29 is 4.74 Å². The van der Waals surface area contributed by atoms with Gasteiger partial charge in [-0.1, -0.05) is 18.2 Å². The van der Waals surface area contributed by atoms with Gasteiger partial charge in [0.05, 0.1) is 12.4 Å². The van der Waals surface area contributed by atoms with E-state index in [9.17, 15) is 0 Å². The van der Waals surface area contributed by atoms with Crippen LogP contribution in [0.4, 0.5) is 5.82 Å². The fourth-order valence-electron chi connectivity index (χ4n) is 1.74. The van der Waals surface area contributed by atoms with Crippen LogP contribution in [-0.4, -0.2) is 15.0 Å². The number of anilines is 1. The van der Waals surface area contributed by atoms with Crippen molar-refractivity contribution in [2.45, 2.75) is 0 Å². The zero-order chi connectivity index (χ0) is 13.1. The number of nitrogens with one attached hydrogen (secondary N) is 1. The molecule has 0 aliphatic carbocycles. The molecule has 0 unspecified atom stereocenters. The second kappa shape index (κ2) is 4.87. The Morgan fingerprint density at radius 2 is 2.00 bits per heavy atom. The van der Waals surface area contributed by atoms with Gasteiger partial charge in [0.1, 0.15) is 5.52 Å². The summed E-state index contributed by atoms with van der Waals surface area (Å²) < 4.78 is 5.70. The lowest BCUT2D eigenvalue weighted by molar-refractivity contribution is 0.465. The summed E-state index contributed by atoms with van der Waals surface area (Å²) in [4.78, 5) is 12.4. The number of hydrogen-bond donors (Lipinski definition) is 2. The van der Waals surface area contributed by atoms with Gasteiger partial charge in [0, 0.05) is 11.6 Å². The van der Waals surface area contributed by atoms with Gasteiger partial charge in [-0.2, -0.15) is 4.98 Å². The van der Waals surface area contributed by atoms with Gasteiger partial charge in [-0.3, -0.25) is 9.97 Å². The predicted molar refractivity (Wildman–Crippen MR) is 71.7 cm³/mol. The normalized spacial score (nSPS) is 10.4. The molecule has 3 N–H and O–H groups in total. The highest BCUT2D eigenvalue weighted by Gasteiger charge is 2.05. The van der Waals surface area contributed by atoms with E-state index in [0.29, 0.717) is 17.4 Å². The quantitative estimate of drug-likeness (QED) is 0.549. The van der Waals surface area contributed by atoms with Crippen molar-refractivity contribution in [2.24, 2.45) is 5.84 Å². The number of rotatable bonds is 3. The molecule has 3 rings (SSSR count). The highest BCUT2D eigenvalue weighted by molar-refractivity contribution is 5.84. The molecule has 2 heterocycles. The predicted octanol–water partition coefficient (Wildman–Crippen LogP) is 2.10. The van der Waals surface area contributed by atoms with Gasteiger partial charge in [0.15, 0.2) is 11.6 Å². The zero-order valence-electron chi connectivity index (χ0n) is 9.95. The molecule has 3 aromatic rings. The van der Waals surface area contributed by atoms with Crippen LogP contribution in [0.5, 0.6) is 11.6 Å². The summed E-state index contributed by atoms with van der Waals surface area (Å²) in [6.45, 7) is 0. The van der Waals surface area contributed by atoms with Gasteiger partial charge in [-0.05, 0) is 12.1 Å². The molecule has 0 saturated carbocycles. The molecule has 6 nitrogen and oxygen atoms in total. The first-order chi connectivity index (χ1) is 9.36. The van der Waals surface area contributed by atoms with Crippen molar-refractivity contribution >= 4 is 16.7 Å². The SMILES string of the molecule is NNc1cncc(Oc2cccc3cccnc23)n1. The van der Waals surface area contributed by atoms with Crippen LogP contribution >= 0.6 is 0 Å². The Kier molecular flexibility index (Phi) is 2.91. The third kappa shape index (κ3) is 2.29. The Morgan fingerprint density at radius 1 is 1.11 bits per heavy atom. The van der Waals surface area contributed by atoms with Crippen molar-refractivity contribution in [3.63, 3.8) is 0 Å². The first-order valence-electron chi connectivity index (χ1n) is 5.67. The third-order valence-electron chi connectivity index (χ3n) is 2.57. The molecule has 0 aliphatic rings. The van der Waals surface area contributed by atoms with E-state index in [2.05, 4.69) is 20.4 Å². The first kappa shape index (κ1) is 11.4. The minimum absolute atomic E-state index is 0.355. The van der Waals surface area contributed by atoms with Crippen LogP contribution in [0.2, 0.25) is 0 Å². The van der Waals surface area contributed by atoms with Crippen LogP contribution < -0.4 is 16.0 Å². The summed E-state index contributed by atoms with van der Waals surface area (Å²) in [5.41, 5.74) is 3.20. The molecule has 1 aromatic carbocycles. The zero-order valence-corrected chi connectivity index (χ0v) is 9.95. The molecule has 0 bridgehead atoms. The van der Waals surface area contributed by atoms with E-state index >= 15 is 0 Å². The molecule has 0 aliphatic heterocycles. The topological polar surface area (TPSA) is 86.0 Å². The van der Waals surface area contributed by atoms with Gasteiger partial charge in [0.2, 0.25) is 5.88 Å². The molecule has 94 valence electrons.